The van der Waals surface area contributed by atoms with E-state index in [1.54, 1.807) is 0 Å². The summed E-state index contributed by atoms with van der Waals surface area (Å²) in [4.78, 5) is 2.51. The third kappa shape index (κ3) is 4.27. The summed E-state index contributed by atoms with van der Waals surface area (Å²) in [6.07, 6.45) is 2.56. The summed E-state index contributed by atoms with van der Waals surface area (Å²) in [6.45, 7) is 7.78. The smallest absolute Gasteiger partial charge is 0.0233 e. The van der Waals surface area contributed by atoms with Crippen LogP contribution in [0.5, 0.6) is 0 Å². The Morgan fingerprint density at radius 2 is 1.67 bits per heavy atom. The van der Waals surface area contributed by atoms with Crippen LogP contribution in [0, 0.1) is 13.8 Å². The quantitative estimate of drug-likeness (QED) is 0.907. The Morgan fingerprint density at radius 3 is 2.22 bits per heavy atom. The van der Waals surface area contributed by atoms with Crippen molar-refractivity contribution in [3.05, 3.63) is 34.9 Å². The molecular formula is C15H25ClN2. The number of nitrogens with one attached hydrogen (secondary N) is 1. The van der Waals surface area contributed by atoms with Crippen LogP contribution >= 0.6 is 12.4 Å². The number of aryl methyl sites for hydroxylation is 2. The molecule has 1 aliphatic rings. The molecule has 3 heteroatoms. The molecule has 1 N–H and O–H groups in total. The molecule has 1 aliphatic heterocycles. The van der Waals surface area contributed by atoms with E-state index in [0.29, 0.717) is 0 Å². The number of nitrogens with zero attached hydrogens (tertiary/aromatic N) is 1. The molecule has 0 saturated carbocycles. The number of benzene rings is 1. The van der Waals surface area contributed by atoms with Crippen molar-refractivity contribution in [2.24, 2.45) is 0 Å². The molecule has 1 aromatic carbocycles. The fourth-order valence-corrected chi connectivity index (χ4v) is 2.82. The van der Waals surface area contributed by atoms with Gasteiger partial charge in [-0.2, -0.15) is 0 Å². The molecule has 102 valence electrons. The standard InChI is InChI=1S/C15H24N2.ClH/c1-12-8-13(2)10-14(9-12)11-17(3)15-4-6-16-7-5-15;/h8-10,15-16H,4-7,11H2,1-3H3;1H. The van der Waals surface area contributed by atoms with Gasteiger partial charge in [0.05, 0.1) is 0 Å². The number of piperidine rings is 1. The number of rotatable bonds is 3. The second-order valence-electron chi connectivity index (χ2n) is 5.39. The van der Waals surface area contributed by atoms with Crippen molar-refractivity contribution in [3.8, 4) is 0 Å². The zero-order valence-corrected chi connectivity index (χ0v) is 12.5. The lowest BCUT2D eigenvalue weighted by Crippen LogP contribution is -2.40. The number of hydrogen-bond acceptors (Lipinski definition) is 2. The average Bonchev–Trinajstić information content (AvgIpc) is 2.28. The number of halogens is 1. The zero-order chi connectivity index (χ0) is 12.3. The summed E-state index contributed by atoms with van der Waals surface area (Å²) in [5, 5.41) is 3.43. The normalized spacial score (nSPS) is 16.7. The van der Waals surface area contributed by atoms with Crippen LogP contribution in [0.4, 0.5) is 0 Å². The van der Waals surface area contributed by atoms with Crippen LogP contribution < -0.4 is 5.32 Å². The molecule has 1 heterocycles. The van der Waals surface area contributed by atoms with Crippen LogP contribution in [0.1, 0.15) is 29.5 Å². The Morgan fingerprint density at radius 1 is 1.11 bits per heavy atom. The summed E-state index contributed by atoms with van der Waals surface area (Å²) < 4.78 is 0. The SMILES string of the molecule is Cc1cc(C)cc(CN(C)C2CCNCC2)c1.Cl. The van der Waals surface area contributed by atoms with E-state index in [1.807, 2.05) is 0 Å². The topological polar surface area (TPSA) is 15.3 Å². The second-order valence-corrected chi connectivity index (χ2v) is 5.39. The Balaban J connectivity index is 0.00000162. The molecule has 0 bridgehead atoms. The molecular weight excluding hydrogens is 244 g/mol. The van der Waals surface area contributed by atoms with E-state index in [-0.39, 0.29) is 12.4 Å². The largest absolute Gasteiger partial charge is 0.317 e. The van der Waals surface area contributed by atoms with Crippen molar-refractivity contribution in [1.29, 1.82) is 0 Å². The Kier molecular flexibility index (Phi) is 6.13. The van der Waals surface area contributed by atoms with E-state index in [2.05, 4.69) is 49.3 Å². The fourth-order valence-electron chi connectivity index (χ4n) is 2.82. The maximum Gasteiger partial charge on any atom is 0.0233 e. The predicted octanol–water partition coefficient (Wildman–Crippen LogP) is 2.91. The summed E-state index contributed by atoms with van der Waals surface area (Å²) in [5.41, 5.74) is 4.20. The van der Waals surface area contributed by atoms with Crippen LogP contribution in [0.2, 0.25) is 0 Å². The molecule has 18 heavy (non-hydrogen) atoms. The summed E-state index contributed by atoms with van der Waals surface area (Å²) in [6, 6.07) is 7.61. The van der Waals surface area contributed by atoms with Gasteiger partial charge in [-0.1, -0.05) is 29.3 Å². The van der Waals surface area contributed by atoms with Crippen LogP contribution in [0.15, 0.2) is 18.2 Å². The van der Waals surface area contributed by atoms with E-state index < -0.39 is 0 Å². The van der Waals surface area contributed by atoms with Crippen LogP contribution in [0.3, 0.4) is 0 Å². The highest BCUT2D eigenvalue weighted by molar-refractivity contribution is 5.85. The van der Waals surface area contributed by atoms with Gasteiger partial charge in [0.25, 0.3) is 0 Å². The summed E-state index contributed by atoms with van der Waals surface area (Å²) in [7, 11) is 2.26. The van der Waals surface area contributed by atoms with E-state index in [4.69, 9.17) is 0 Å². The van der Waals surface area contributed by atoms with Gasteiger partial charge >= 0.3 is 0 Å². The highest BCUT2D eigenvalue weighted by Crippen LogP contribution is 2.15. The molecule has 0 aromatic heterocycles. The first kappa shape index (κ1) is 15.5. The molecule has 2 rings (SSSR count). The third-order valence-electron chi connectivity index (χ3n) is 3.65. The van der Waals surface area contributed by atoms with Crippen molar-refractivity contribution in [2.75, 3.05) is 20.1 Å². The molecule has 1 saturated heterocycles. The molecule has 0 unspecified atom stereocenters. The fraction of sp³-hybridized carbons (Fsp3) is 0.600. The second kappa shape index (κ2) is 7.13. The van der Waals surface area contributed by atoms with Crippen molar-refractivity contribution >= 4 is 12.4 Å². The van der Waals surface area contributed by atoms with Crippen molar-refractivity contribution < 1.29 is 0 Å². The van der Waals surface area contributed by atoms with E-state index in [1.165, 1.54) is 42.6 Å². The molecule has 0 amide bonds. The monoisotopic (exact) mass is 268 g/mol. The Bertz CT molecular complexity index is 353. The Hall–Kier alpha value is -0.570. The molecule has 0 spiro atoms. The van der Waals surface area contributed by atoms with Gasteiger partial charge in [0.15, 0.2) is 0 Å². The molecule has 1 fully saturated rings. The minimum absolute atomic E-state index is 0. The van der Waals surface area contributed by atoms with E-state index >= 15 is 0 Å². The zero-order valence-electron chi connectivity index (χ0n) is 11.7. The van der Waals surface area contributed by atoms with E-state index in [9.17, 15) is 0 Å². The van der Waals surface area contributed by atoms with Crippen LogP contribution in [-0.2, 0) is 6.54 Å². The molecule has 0 radical (unpaired) electrons. The maximum absolute atomic E-state index is 3.43. The van der Waals surface area contributed by atoms with Gasteiger partial charge in [0.1, 0.15) is 0 Å². The average molecular weight is 269 g/mol. The lowest BCUT2D eigenvalue weighted by molar-refractivity contribution is 0.192. The van der Waals surface area contributed by atoms with Crippen molar-refractivity contribution in [2.45, 2.75) is 39.3 Å². The Labute approximate surface area is 117 Å². The molecule has 0 aliphatic carbocycles. The van der Waals surface area contributed by atoms with Gasteiger partial charge in [0, 0.05) is 12.6 Å². The lowest BCUT2D eigenvalue weighted by Gasteiger charge is -2.31. The van der Waals surface area contributed by atoms with Gasteiger partial charge in [0.2, 0.25) is 0 Å². The van der Waals surface area contributed by atoms with Crippen molar-refractivity contribution in [1.82, 2.24) is 10.2 Å². The molecule has 0 atom stereocenters. The first-order valence-electron chi connectivity index (χ1n) is 6.63. The van der Waals surface area contributed by atoms with Gasteiger partial charge in [-0.3, -0.25) is 4.90 Å². The minimum atomic E-state index is 0. The molecule has 2 nitrogen and oxygen atoms in total. The van der Waals surface area contributed by atoms with E-state index in [0.717, 1.165) is 12.6 Å². The highest BCUT2D eigenvalue weighted by atomic mass is 35.5. The van der Waals surface area contributed by atoms with Gasteiger partial charge in [-0.15, -0.1) is 12.4 Å². The first-order chi connectivity index (χ1) is 8.15. The lowest BCUT2D eigenvalue weighted by atomic mass is 10.0. The third-order valence-corrected chi connectivity index (χ3v) is 3.65. The first-order valence-corrected chi connectivity index (χ1v) is 6.63. The minimum Gasteiger partial charge on any atom is -0.317 e. The maximum atomic E-state index is 3.43. The van der Waals surface area contributed by atoms with Crippen LogP contribution in [0.25, 0.3) is 0 Å². The predicted molar refractivity (Wildman–Crippen MR) is 80.5 cm³/mol. The van der Waals surface area contributed by atoms with Gasteiger partial charge in [-0.25, -0.2) is 0 Å². The van der Waals surface area contributed by atoms with Crippen molar-refractivity contribution in [3.63, 3.8) is 0 Å². The van der Waals surface area contributed by atoms with Crippen LogP contribution in [-0.4, -0.2) is 31.1 Å². The van der Waals surface area contributed by atoms with Gasteiger partial charge in [-0.05, 0) is 52.4 Å². The number of hydrogen-bond donors (Lipinski definition) is 1. The van der Waals surface area contributed by atoms with Gasteiger partial charge < -0.3 is 5.32 Å². The highest BCUT2D eigenvalue weighted by Gasteiger charge is 2.17. The summed E-state index contributed by atoms with van der Waals surface area (Å²) >= 11 is 0. The molecule has 1 aromatic rings. The summed E-state index contributed by atoms with van der Waals surface area (Å²) in [5.74, 6) is 0.